The maximum absolute atomic E-state index is 12.6. The molecule has 1 atom stereocenters. The summed E-state index contributed by atoms with van der Waals surface area (Å²) in [5.41, 5.74) is 0.434. The summed E-state index contributed by atoms with van der Waals surface area (Å²) in [5, 5.41) is 2.59. The molecular formula is C16H21N3O5S. The molecule has 1 aromatic rings. The smallest absolute Gasteiger partial charge is 0.254 e. The van der Waals surface area contributed by atoms with E-state index < -0.39 is 10.0 Å². The van der Waals surface area contributed by atoms with Crippen LogP contribution < -0.4 is 5.32 Å². The molecule has 136 valence electrons. The van der Waals surface area contributed by atoms with E-state index >= 15 is 0 Å². The van der Waals surface area contributed by atoms with E-state index in [1.54, 1.807) is 4.90 Å². The summed E-state index contributed by atoms with van der Waals surface area (Å²) in [6, 6.07) is 5.85. The van der Waals surface area contributed by atoms with Crippen molar-refractivity contribution >= 4 is 21.8 Å². The Labute approximate surface area is 146 Å². The average molecular weight is 367 g/mol. The second kappa shape index (κ2) is 7.11. The molecule has 9 heteroatoms. The van der Waals surface area contributed by atoms with Gasteiger partial charge in [-0.3, -0.25) is 9.59 Å². The molecule has 2 aliphatic rings. The molecule has 2 aliphatic heterocycles. The van der Waals surface area contributed by atoms with Crippen molar-refractivity contribution < 1.29 is 22.7 Å². The lowest BCUT2D eigenvalue weighted by molar-refractivity contribution is -0.122. The third kappa shape index (κ3) is 3.68. The Bertz CT molecular complexity index is 762. The van der Waals surface area contributed by atoms with Crippen LogP contribution >= 0.6 is 0 Å². The molecule has 0 aromatic heterocycles. The molecule has 2 saturated heterocycles. The average Bonchev–Trinajstić information content (AvgIpc) is 2.62. The van der Waals surface area contributed by atoms with Crippen molar-refractivity contribution in [2.24, 2.45) is 0 Å². The minimum Gasteiger partial charge on any atom is -0.377 e. The number of hydrogen-bond donors (Lipinski definition) is 1. The first-order valence-corrected chi connectivity index (χ1v) is 9.59. The van der Waals surface area contributed by atoms with Crippen LogP contribution in [-0.2, 0) is 19.6 Å². The lowest BCUT2D eigenvalue weighted by Gasteiger charge is -2.33. The van der Waals surface area contributed by atoms with Crippen molar-refractivity contribution in [2.75, 3.05) is 39.4 Å². The van der Waals surface area contributed by atoms with Gasteiger partial charge in [0.15, 0.2) is 0 Å². The number of carbonyl (C=O) groups is 2. The first-order chi connectivity index (χ1) is 11.9. The summed E-state index contributed by atoms with van der Waals surface area (Å²) in [5.74, 6) is -0.458. The van der Waals surface area contributed by atoms with E-state index in [2.05, 4.69) is 5.32 Å². The van der Waals surface area contributed by atoms with Gasteiger partial charge in [-0.15, -0.1) is 0 Å². The highest BCUT2D eigenvalue weighted by molar-refractivity contribution is 7.89. The molecular weight excluding hydrogens is 346 g/mol. The van der Waals surface area contributed by atoms with E-state index in [-0.39, 0.29) is 35.8 Å². The molecule has 3 rings (SSSR count). The fourth-order valence-corrected chi connectivity index (χ4v) is 4.33. The van der Waals surface area contributed by atoms with Crippen LogP contribution in [0.1, 0.15) is 17.3 Å². The zero-order valence-corrected chi connectivity index (χ0v) is 14.8. The van der Waals surface area contributed by atoms with Crippen LogP contribution in [0.5, 0.6) is 0 Å². The minimum atomic E-state index is -3.75. The van der Waals surface area contributed by atoms with E-state index in [0.717, 1.165) is 4.31 Å². The Kier molecular flexibility index (Phi) is 5.07. The predicted molar refractivity (Wildman–Crippen MR) is 89.5 cm³/mol. The molecule has 2 heterocycles. The monoisotopic (exact) mass is 367 g/mol. The number of piperazine rings is 1. The van der Waals surface area contributed by atoms with Gasteiger partial charge in [-0.2, -0.15) is 4.31 Å². The van der Waals surface area contributed by atoms with Gasteiger partial charge in [0.25, 0.3) is 5.91 Å². The molecule has 2 amide bonds. The summed E-state index contributed by atoms with van der Waals surface area (Å²) in [7, 11) is -3.75. The van der Waals surface area contributed by atoms with Gasteiger partial charge in [-0.1, -0.05) is 0 Å². The van der Waals surface area contributed by atoms with Crippen molar-refractivity contribution in [3.05, 3.63) is 29.8 Å². The maximum atomic E-state index is 12.6. The maximum Gasteiger partial charge on any atom is 0.254 e. The minimum absolute atomic E-state index is 0.0171. The van der Waals surface area contributed by atoms with Crippen molar-refractivity contribution in [3.63, 3.8) is 0 Å². The molecule has 8 nitrogen and oxygen atoms in total. The normalized spacial score (nSPS) is 22.5. The predicted octanol–water partition coefficient (Wildman–Crippen LogP) is -0.332. The molecule has 25 heavy (non-hydrogen) atoms. The Balaban J connectivity index is 1.77. The Morgan fingerprint density at radius 1 is 1.24 bits per heavy atom. The topological polar surface area (TPSA) is 96.0 Å². The SMILES string of the molecule is C[C@H]1COCCN1C(=O)c1ccc(S(=O)(=O)N2CCNC(=O)C2)cc1. The summed E-state index contributed by atoms with van der Waals surface area (Å²) < 4.78 is 31.7. The molecule has 1 N–H and O–H groups in total. The quantitative estimate of drug-likeness (QED) is 0.789. The Hall–Kier alpha value is -1.97. The van der Waals surface area contributed by atoms with Gasteiger partial charge in [-0.25, -0.2) is 8.42 Å². The molecule has 0 radical (unpaired) electrons. The molecule has 2 fully saturated rings. The number of morpholine rings is 1. The number of rotatable bonds is 3. The van der Waals surface area contributed by atoms with Crippen LogP contribution in [0.15, 0.2) is 29.2 Å². The number of amides is 2. The number of carbonyl (C=O) groups excluding carboxylic acids is 2. The highest BCUT2D eigenvalue weighted by Crippen LogP contribution is 2.19. The van der Waals surface area contributed by atoms with Crippen LogP contribution in [0.25, 0.3) is 0 Å². The number of benzene rings is 1. The van der Waals surface area contributed by atoms with Crippen LogP contribution in [0.3, 0.4) is 0 Å². The Morgan fingerprint density at radius 3 is 2.60 bits per heavy atom. The van der Waals surface area contributed by atoms with Crippen LogP contribution in [0.4, 0.5) is 0 Å². The molecule has 1 aromatic carbocycles. The fourth-order valence-electron chi connectivity index (χ4n) is 2.93. The number of hydrogen-bond acceptors (Lipinski definition) is 5. The van der Waals surface area contributed by atoms with E-state index in [1.807, 2.05) is 6.92 Å². The fraction of sp³-hybridized carbons (Fsp3) is 0.500. The van der Waals surface area contributed by atoms with Gasteiger partial charge in [0.1, 0.15) is 0 Å². The van der Waals surface area contributed by atoms with Gasteiger partial charge in [0.2, 0.25) is 15.9 Å². The van der Waals surface area contributed by atoms with E-state index in [4.69, 9.17) is 4.74 Å². The number of nitrogens with zero attached hydrogens (tertiary/aromatic N) is 2. The second-order valence-electron chi connectivity index (χ2n) is 6.14. The van der Waals surface area contributed by atoms with Crippen LogP contribution in [0.2, 0.25) is 0 Å². The van der Waals surface area contributed by atoms with Crippen LogP contribution in [0, 0.1) is 0 Å². The third-order valence-electron chi connectivity index (χ3n) is 4.37. The highest BCUT2D eigenvalue weighted by atomic mass is 32.2. The van der Waals surface area contributed by atoms with Gasteiger partial charge >= 0.3 is 0 Å². The van der Waals surface area contributed by atoms with Gasteiger partial charge in [-0.05, 0) is 31.2 Å². The number of nitrogens with one attached hydrogen (secondary N) is 1. The second-order valence-corrected chi connectivity index (χ2v) is 8.07. The van der Waals surface area contributed by atoms with Crippen molar-refractivity contribution in [3.8, 4) is 0 Å². The first kappa shape index (κ1) is 17.8. The van der Waals surface area contributed by atoms with E-state index in [9.17, 15) is 18.0 Å². The zero-order chi connectivity index (χ0) is 18.0. The van der Waals surface area contributed by atoms with Gasteiger partial charge < -0.3 is 15.0 Å². The molecule has 0 unspecified atom stereocenters. The summed E-state index contributed by atoms with van der Waals surface area (Å²) >= 11 is 0. The molecule has 0 aliphatic carbocycles. The van der Waals surface area contributed by atoms with Crippen LogP contribution in [-0.4, -0.2) is 74.9 Å². The van der Waals surface area contributed by atoms with Gasteiger partial charge in [0.05, 0.1) is 30.7 Å². The number of ether oxygens (including phenoxy) is 1. The summed E-state index contributed by atoms with van der Waals surface area (Å²) in [6.45, 7) is 3.77. The van der Waals surface area contributed by atoms with Crippen molar-refractivity contribution in [1.29, 1.82) is 0 Å². The highest BCUT2D eigenvalue weighted by Gasteiger charge is 2.30. The van der Waals surface area contributed by atoms with Crippen molar-refractivity contribution in [1.82, 2.24) is 14.5 Å². The first-order valence-electron chi connectivity index (χ1n) is 8.15. The summed E-state index contributed by atoms with van der Waals surface area (Å²) in [4.78, 5) is 25.8. The van der Waals surface area contributed by atoms with E-state index in [0.29, 0.717) is 31.9 Å². The Morgan fingerprint density at radius 2 is 1.96 bits per heavy atom. The standard InChI is InChI=1S/C16H21N3O5S/c1-12-11-24-9-8-19(12)16(21)13-2-4-14(5-3-13)25(22,23)18-7-6-17-15(20)10-18/h2-5,12H,6-11H2,1H3,(H,17,20)/t12-/m0/s1. The lowest BCUT2D eigenvalue weighted by atomic mass is 10.1. The number of sulfonamides is 1. The largest absolute Gasteiger partial charge is 0.377 e. The van der Waals surface area contributed by atoms with Gasteiger partial charge in [0, 0.05) is 25.2 Å². The summed E-state index contributed by atoms with van der Waals surface area (Å²) in [6.07, 6.45) is 0. The van der Waals surface area contributed by atoms with Crippen molar-refractivity contribution in [2.45, 2.75) is 17.9 Å². The third-order valence-corrected chi connectivity index (χ3v) is 6.23. The molecule has 0 spiro atoms. The molecule has 0 saturated carbocycles. The lowest BCUT2D eigenvalue weighted by Crippen LogP contribution is -2.49. The molecule has 0 bridgehead atoms. The van der Waals surface area contributed by atoms with E-state index in [1.165, 1.54) is 24.3 Å². The zero-order valence-electron chi connectivity index (χ0n) is 14.0.